The zero-order valence-electron chi connectivity index (χ0n) is 5.86. The summed E-state index contributed by atoms with van der Waals surface area (Å²) < 4.78 is 0. The van der Waals surface area contributed by atoms with Crippen LogP contribution in [0.25, 0.3) is 0 Å². The van der Waals surface area contributed by atoms with E-state index < -0.39 is 12.1 Å². The smallest absolute Gasteiger partial charge is 0.136 e. The molecule has 0 aromatic heterocycles. The average Bonchev–Trinajstić information content (AvgIpc) is 1.99. The molecule has 2 atom stereocenters. The molecular weight excluding hydrogens is 132 g/mol. The lowest BCUT2D eigenvalue weighted by Crippen LogP contribution is -2.26. The highest BCUT2D eigenvalue weighted by Crippen LogP contribution is 1.96. The predicted molar refractivity (Wildman–Crippen MR) is 38.3 cm³/mol. The second-order valence-electron chi connectivity index (χ2n) is 2.27. The molecule has 60 valence electrons. The van der Waals surface area contributed by atoms with Gasteiger partial charge in [0, 0.05) is 6.54 Å². The van der Waals surface area contributed by atoms with Gasteiger partial charge in [-0.1, -0.05) is 0 Å². The largest absolute Gasteiger partial charge is 0.392 e. The lowest BCUT2D eigenvalue weighted by molar-refractivity contribution is -0.109. The van der Waals surface area contributed by atoms with Crippen LogP contribution in [0.5, 0.6) is 0 Å². The summed E-state index contributed by atoms with van der Waals surface area (Å²) in [6, 6.07) is -0.457. The minimum absolute atomic E-state index is 0.228. The third-order valence-electron chi connectivity index (χ3n) is 1.28. The first-order chi connectivity index (χ1) is 4.70. The van der Waals surface area contributed by atoms with Crippen LogP contribution in [0.2, 0.25) is 0 Å². The van der Waals surface area contributed by atoms with Gasteiger partial charge in [-0.3, -0.25) is 0 Å². The number of hydrogen-bond donors (Lipinski definition) is 3. The highest BCUT2D eigenvalue weighted by Gasteiger charge is 2.04. The quantitative estimate of drug-likeness (QED) is 0.417. The van der Waals surface area contributed by atoms with Crippen LogP contribution >= 0.6 is 0 Å². The van der Waals surface area contributed by atoms with Crippen molar-refractivity contribution in [1.29, 1.82) is 0 Å². The molecule has 0 heterocycles. The number of hydrogen-bond acceptors (Lipinski definition) is 4. The van der Waals surface area contributed by atoms with Crippen molar-refractivity contribution in [2.75, 3.05) is 6.54 Å². The van der Waals surface area contributed by atoms with E-state index in [2.05, 4.69) is 0 Å². The highest BCUT2D eigenvalue weighted by molar-refractivity contribution is 5.56. The molecule has 0 aliphatic carbocycles. The number of aliphatic hydroxyl groups excluding tert-OH is 1. The minimum atomic E-state index is -0.522. The molecule has 0 spiro atoms. The van der Waals surface area contributed by atoms with E-state index in [-0.39, 0.29) is 6.54 Å². The molecule has 0 aliphatic heterocycles. The fraction of sp³-hybridized carbons (Fsp3) is 0.833. The van der Waals surface area contributed by atoms with Crippen LogP contribution in [0.4, 0.5) is 0 Å². The van der Waals surface area contributed by atoms with Crippen molar-refractivity contribution in [1.82, 2.24) is 0 Å². The summed E-state index contributed by atoms with van der Waals surface area (Å²) in [6.45, 7) is 0.228. The standard InChI is InChI=1S/C6H14N2O2/c7-3-6(10)2-1-5(8)4-9/h4-6,10H,1-3,7-8H2/t5-,6?/m0/s1. The van der Waals surface area contributed by atoms with Gasteiger partial charge < -0.3 is 21.4 Å². The number of carbonyl (C=O) groups excluding carboxylic acids is 1. The summed E-state index contributed by atoms with van der Waals surface area (Å²) in [5, 5.41) is 8.91. The molecule has 0 saturated carbocycles. The molecule has 0 fully saturated rings. The Morgan fingerprint density at radius 2 is 2.10 bits per heavy atom. The SMILES string of the molecule is NCC(O)CC[C@H](N)C=O. The lowest BCUT2D eigenvalue weighted by Gasteiger charge is -2.07. The van der Waals surface area contributed by atoms with Gasteiger partial charge in [-0.25, -0.2) is 0 Å². The summed E-state index contributed by atoms with van der Waals surface area (Å²) in [5.74, 6) is 0. The van der Waals surface area contributed by atoms with Crippen molar-refractivity contribution in [3.63, 3.8) is 0 Å². The van der Waals surface area contributed by atoms with Crippen LogP contribution in [0, 0.1) is 0 Å². The van der Waals surface area contributed by atoms with Gasteiger partial charge in [0.2, 0.25) is 0 Å². The van der Waals surface area contributed by atoms with Crippen molar-refractivity contribution < 1.29 is 9.90 Å². The summed E-state index contributed by atoms with van der Waals surface area (Å²) in [4.78, 5) is 9.97. The highest BCUT2D eigenvalue weighted by atomic mass is 16.3. The molecule has 0 rings (SSSR count). The Morgan fingerprint density at radius 1 is 1.50 bits per heavy atom. The Labute approximate surface area is 60.2 Å². The fourth-order valence-corrected chi connectivity index (χ4v) is 0.571. The summed E-state index contributed by atoms with van der Waals surface area (Å²) >= 11 is 0. The Morgan fingerprint density at radius 3 is 2.50 bits per heavy atom. The van der Waals surface area contributed by atoms with E-state index >= 15 is 0 Å². The van der Waals surface area contributed by atoms with Gasteiger partial charge in [-0.2, -0.15) is 0 Å². The molecule has 10 heavy (non-hydrogen) atoms. The zero-order chi connectivity index (χ0) is 7.98. The second kappa shape index (κ2) is 5.34. The molecular formula is C6H14N2O2. The second-order valence-corrected chi connectivity index (χ2v) is 2.27. The Hall–Kier alpha value is -0.450. The summed E-state index contributed by atoms with van der Waals surface area (Å²) in [5.41, 5.74) is 10.4. The molecule has 0 aromatic carbocycles. The van der Waals surface area contributed by atoms with E-state index in [0.717, 1.165) is 0 Å². The lowest BCUT2D eigenvalue weighted by atomic mass is 10.1. The first-order valence-electron chi connectivity index (χ1n) is 3.29. The van der Waals surface area contributed by atoms with Gasteiger partial charge in [0.25, 0.3) is 0 Å². The molecule has 0 amide bonds. The third kappa shape index (κ3) is 4.43. The minimum Gasteiger partial charge on any atom is -0.392 e. The summed E-state index contributed by atoms with van der Waals surface area (Å²) in [6.07, 6.45) is 1.15. The predicted octanol–water partition coefficient (Wildman–Crippen LogP) is -1.39. The maximum Gasteiger partial charge on any atom is 0.136 e. The van der Waals surface area contributed by atoms with Gasteiger partial charge in [-0.15, -0.1) is 0 Å². The fourth-order valence-electron chi connectivity index (χ4n) is 0.571. The Kier molecular flexibility index (Phi) is 5.10. The Balaban J connectivity index is 3.25. The first-order valence-corrected chi connectivity index (χ1v) is 3.29. The first kappa shape index (κ1) is 9.55. The van der Waals surface area contributed by atoms with E-state index in [9.17, 15) is 4.79 Å². The van der Waals surface area contributed by atoms with Crippen LogP contribution < -0.4 is 11.5 Å². The van der Waals surface area contributed by atoms with Crippen LogP contribution in [-0.2, 0) is 4.79 Å². The van der Waals surface area contributed by atoms with Gasteiger partial charge >= 0.3 is 0 Å². The van der Waals surface area contributed by atoms with Crippen molar-refractivity contribution in [2.24, 2.45) is 11.5 Å². The average molecular weight is 146 g/mol. The van der Waals surface area contributed by atoms with Crippen molar-refractivity contribution >= 4 is 6.29 Å². The molecule has 1 unspecified atom stereocenters. The van der Waals surface area contributed by atoms with E-state index in [0.29, 0.717) is 19.1 Å². The maximum absolute atomic E-state index is 9.97. The summed E-state index contributed by atoms with van der Waals surface area (Å²) in [7, 11) is 0. The molecule has 0 aliphatic rings. The number of nitrogens with two attached hydrogens (primary N) is 2. The van der Waals surface area contributed by atoms with Crippen molar-refractivity contribution in [3.8, 4) is 0 Å². The van der Waals surface area contributed by atoms with Gasteiger partial charge in [0.1, 0.15) is 6.29 Å². The van der Waals surface area contributed by atoms with Crippen LogP contribution in [0.3, 0.4) is 0 Å². The number of rotatable bonds is 5. The molecule has 0 saturated heterocycles. The third-order valence-corrected chi connectivity index (χ3v) is 1.28. The van der Waals surface area contributed by atoms with Gasteiger partial charge in [0.15, 0.2) is 0 Å². The maximum atomic E-state index is 9.97. The Bertz CT molecular complexity index is 97.7. The van der Waals surface area contributed by atoms with Gasteiger partial charge in [0.05, 0.1) is 12.1 Å². The normalized spacial score (nSPS) is 16.3. The van der Waals surface area contributed by atoms with Crippen LogP contribution in [0.1, 0.15) is 12.8 Å². The van der Waals surface area contributed by atoms with Crippen LogP contribution in [-0.4, -0.2) is 30.1 Å². The topological polar surface area (TPSA) is 89.3 Å². The van der Waals surface area contributed by atoms with E-state index in [1.165, 1.54) is 0 Å². The number of aliphatic hydroxyl groups is 1. The molecule has 0 bridgehead atoms. The number of carbonyl (C=O) groups is 1. The van der Waals surface area contributed by atoms with Gasteiger partial charge in [-0.05, 0) is 12.8 Å². The van der Waals surface area contributed by atoms with E-state index in [1.807, 2.05) is 0 Å². The monoisotopic (exact) mass is 146 g/mol. The van der Waals surface area contributed by atoms with E-state index in [1.54, 1.807) is 0 Å². The van der Waals surface area contributed by atoms with E-state index in [4.69, 9.17) is 16.6 Å². The zero-order valence-corrected chi connectivity index (χ0v) is 5.86. The van der Waals surface area contributed by atoms with Crippen LogP contribution in [0.15, 0.2) is 0 Å². The van der Waals surface area contributed by atoms with Crippen molar-refractivity contribution in [2.45, 2.75) is 25.0 Å². The molecule has 4 heteroatoms. The molecule has 4 nitrogen and oxygen atoms in total. The number of aldehydes is 1. The molecule has 0 aromatic rings. The molecule has 5 N–H and O–H groups in total. The van der Waals surface area contributed by atoms with Crippen molar-refractivity contribution in [3.05, 3.63) is 0 Å². The molecule has 0 radical (unpaired) electrons.